The summed E-state index contributed by atoms with van der Waals surface area (Å²) in [4.78, 5) is 11.9. The largest absolute Gasteiger partial charge is 0.458 e. The molecule has 0 radical (unpaired) electrons. The van der Waals surface area contributed by atoms with Crippen molar-refractivity contribution >= 4 is 16.9 Å². The molecule has 1 amide bonds. The summed E-state index contributed by atoms with van der Waals surface area (Å²) in [6.07, 6.45) is 0.936. The van der Waals surface area contributed by atoms with Crippen LogP contribution in [0, 0.1) is 5.41 Å². The minimum atomic E-state index is -0.366. The second-order valence-electron chi connectivity index (χ2n) is 6.23. The number of ether oxygens (including phenoxy) is 1. The van der Waals surface area contributed by atoms with Gasteiger partial charge in [0.25, 0.3) is 5.91 Å². The van der Waals surface area contributed by atoms with Crippen LogP contribution in [0.2, 0.25) is 0 Å². The maximum atomic E-state index is 11.9. The van der Waals surface area contributed by atoms with Crippen molar-refractivity contribution in [2.75, 3.05) is 6.61 Å². The number of rotatable bonds is 5. The predicted molar refractivity (Wildman–Crippen MR) is 81.6 cm³/mol. The molecule has 0 aliphatic rings. The van der Waals surface area contributed by atoms with Crippen molar-refractivity contribution in [1.82, 2.24) is 5.43 Å². The third-order valence-electron chi connectivity index (χ3n) is 3.26. The number of benzene rings is 1. The Hall–Kier alpha value is -1.85. The second-order valence-corrected chi connectivity index (χ2v) is 6.23. The summed E-state index contributed by atoms with van der Waals surface area (Å²) in [7, 11) is 0. The topological polar surface area (TPSA) is 77.5 Å². The Morgan fingerprint density at radius 3 is 2.71 bits per heavy atom. The fraction of sp³-hybridized carbons (Fsp3) is 0.438. The van der Waals surface area contributed by atoms with Gasteiger partial charge in [-0.2, -0.15) is 0 Å². The maximum Gasteiger partial charge on any atom is 0.269 e. The Balaban J connectivity index is 2.17. The lowest BCUT2D eigenvalue weighted by Crippen LogP contribution is -2.30. The number of hydrazine groups is 1. The molecule has 0 fully saturated rings. The van der Waals surface area contributed by atoms with Crippen LogP contribution in [-0.2, 0) is 11.3 Å². The summed E-state index contributed by atoms with van der Waals surface area (Å²) in [5.41, 5.74) is 3.48. The van der Waals surface area contributed by atoms with Gasteiger partial charge in [0.15, 0.2) is 0 Å². The number of nitrogens with one attached hydrogen (secondary N) is 1. The minimum absolute atomic E-state index is 0.214. The lowest BCUT2D eigenvalue weighted by Gasteiger charge is -2.17. The lowest BCUT2D eigenvalue weighted by atomic mass is 9.93. The molecule has 0 atom stereocenters. The molecule has 1 aromatic carbocycles. The van der Waals surface area contributed by atoms with Gasteiger partial charge in [-0.1, -0.05) is 39.0 Å². The van der Waals surface area contributed by atoms with Gasteiger partial charge < -0.3 is 9.15 Å². The smallest absolute Gasteiger partial charge is 0.269 e. The van der Waals surface area contributed by atoms with E-state index in [9.17, 15) is 4.79 Å². The summed E-state index contributed by atoms with van der Waals surface area (Å²) in [6.45, 7) is 7.35. The van der Waals surface area contributed by atoms with Gasteiger partial charge in [-0.15, -0.1) is 0 Å². The standard InChI is InChI=1S/C16H22N2O3/c1-16(2,3)8-9-20-10-13-14(15(19)18-17)11-6-4-5-7-12(11)21-13/h4-7H,8-10,17H2,1-3H3,(H,18,19). The number of nitrogens with two attached hydrogens (primary N) is 1. The van der Waals surface area contributed by atoms with Gasteiger partial charge in [0, 0.05) is 12.0 Å². The van der Waals surface area contributed by atoms with Crippen LogP contribution in [0.25, 0.3) is 11.0 Å². The predicted octanol–water partition coefficient (Wildman–Crippen LogP) is 2.99. The first-order valence-corrected chi connectivity index (χ1v) is 7.01. The summed E-state index contributed by atoms with van der Waals surface area (Å²) in [5.74, 6) is 5.39. The molecule has 0 spiro atoms. The molecule has 0 unspecified atom stereocenters. The van der Waals surface area contributed by atoms with Crippen LogP contribution in [0.15, 0.2) is 28.7 Å². The molecule has 0 aliphatic carbocycles. The average molecular weight is 290 g/mol. The number of carbonyl (C=O) groups excluding carboxylic acids is 1. The van der Waals surface area contributed by atoms with E-state index in [1.165, 1.54) is 0 Å². The summed E-state index contributed by atoms with van der Waals surface area (Å²) < 4.78 is 11.4. The molecule has 5 nitrogen and oxygen atoms in total. The van der Waals surface area contributed by atoms with Crippen molar-refractivity contribution in [3.63, 3.8) is 0 Å². The molecule has 2 aromatic rings. The first-order valence-electron chi connectivity index (χ1n) is 7.01. The van der Waals surface area contributed by atoms with E-state index in [1.807, 2.05) is 24.3 Å². The van der Waals surface area contributed by atoms with E-state index in [4.69, 9.17) is 15.0 Å². The molecule has 1 aromatic heterocycles. The minimum Gasteiger partial charge on any atom is -0.458 e. The van der Waals surface area contributed by atoms with Gasteiger partial charge in [0.1, 0.15) is 18.0 Å². The van der Waals surface area contributed by atoms with Crippen LogP contribution in [0.1, 0.15) is 43.3 Å². The number of nitrogen functional groups attached to an aromatic ring is 1. The highest BCUT2D eigenvalue weighted by Gasteiger charge is 2.20. The Morgan fingerprint density at radius 2 is 2.05 bits per heavy atom. The van der Waals surface area contributed by atoms with E-state index in [-0.39, 0.29) is 17.9 Å². The van der Waals surface area contributed by atoms with Crippen molar-refractivity contribution in [3.8, 4) is 0 Å². The van der Waals surface area contributed by atoms with Crippen LogP contribution in [0.5, 0.6) is 0 Å². The molecule has 3 N–H and O–H groups in total. The number of furan rings is 1. The van der Waals surface area contributed by atoms with E-state index in [0.29, 0.717) is 23.5 Å². The number of carbonyl (C=O) groups is 1. The van der Waals surface area contributed by atoms with E-state index >= 15 is 0 Å². The monoisotopic (exact) mass is 290 g/mol. The molecule has 0 aliphatic heterocycles. The van der Waals surface area contributed by atoms with Crippen molar-refractivity contribution in [1.29, 1.82) is 0 Å². The Kier molecular flexibility index (Phi) is 4.65. The first-order chi connectivity index (χ1) is 9.92. The van der Waals surface area contributed by atoms with Crippen LogP contribution < -0.4 is 11.3 Å². The zero-order valence-corrected chi connectivity index (χ0v) is 12.7. The fourth-order valence-corrected chi connectivity index (χ4v) is 2.06. The molecule has 2 rings (SSSR count). The third kappa shape index (κ3) is 3.83. The molecule has 0 bridgehead atoms. The molecule has 5 heteroatoms. The molecular weight excluding hydrogens is 268 g/mol. The highest BCUT2D eigenvalue weighted by atomic mass is 16.5. The second kappa shape index (κ2) is 6.28. The van der Waals surface area contributed by atoms with Crippen LogP contribution in [0.3, 0.4) is 0 Å². The van der Waals surface area contributed by atoms with Gasteiger partial charge in [-0.3, -0.25) is 10.2 Å². The highest BCUT2D eigenvalue weighted by molar-refractivity contribution is 6.06. The molecule has 0 saturated carbocycles. The molecule has 0 saturated heterocycles. The Labute approximate surface area is 124 Å². The number of fused-ring (bicyclic) bond motifs is 1. The number of hydrogen-bond donors (Lipinski definition) is 2. The summed E-state index contributed by atoms with van der Waals surface area (Å²) in [5, 5.41) is 0.745. The van der Waals surface area contributed by atoms with E-state index in [0.717, 1.165) is 11.8 Å². The van der Waals surface area contributed by atoms with Crippen LogP contribution in [-0.4, -0.2) is 12.5 Å². The normalized spacial score (nSPS) is 11.8. The summed E-state index contributed by atoms with van der Waals surface area (Å²) >= 11 is 0. The zero-order chi connectivity index (χ0) is 15.5. The van der Waals surface area contributed by atoms with Crippen molar-refractivity contribution in [2.24, 2.45) is 11.3 Å². The van der Waals surface area contributed by atoms with Gasteiger partial charge in [0.05, 0.1) is 5.56 Å². The molecule has 1 heterocycles. The molecule has 21 heavy (non-hydrogen) atoms. The van der Waals surface area contributed by atoms with Gasteiger partial charge in [-0.05, 0) is 17.9 Å². The van der Waals surface area contributed by atoms with Crippen LogP contribution in [0.4, 0.5) is 0 Å². The van der Waals surface area contributed by atoms with Crippen molar-refractivity contribution in [2.45, 2.75) is 33.8 Å². The first kappa shape index (κ1) is 15.5. The van der Waals surface area contributed by atoms with Gasteiger partial charge >= 0.3 is 0 Å². The Bertz CT molecular complexity index is 626. The number of amides is 1. The highest BCUT2D eigenvalue weighted by Crippen LogP contribution is 2.26. The zero-order valence-electron chi connectivity index (χ0n) is 12.7. The van der Waals surface area contributed by atoms with E-state index < -0.39 is 0 Å². The SMILES string of the molecule is CC(C)(C)CCOCc1oc2ccccc2c1C(=O)NN. The maximum absolute atomic E-state index is 11.9. The average Bonchev–Trinajstić information content (AvgIpc) is 2.80. The summed E-state index contributed by atoms with van der Waals surface area (Å²) in [6, 6.07) is 7.37. The van der Waals surface area contributed by atoms with E-state index in [2.05, 4.69) is 26.2 Å². The van der Waals surface area contributed by atoms with Crippen LogP contribution >= 0.6 is 0 Å². The van der Waals surface area contributed by atoms with Crippen molar-refractivity contribution < 1.29 is 13.9 Å². The van der Waals surface area contributed by atoms with E-state index in [1.54, 1.807) is 0 Å². The fourth-order valence-electron chi connectivity index (χ4n) is 2.06. The Morgan fingerprint density at radius 1 is 1.33 bits per heavy atom. The van der Waals surface area contributed by atoms with Crippen molar-refractivity contribution in [3.05, 3.63) is 35.6 Å². The quantitative estimate of drug-likeness (QED) is 0.384. The molecular formula is C16H22N2O3. The molecule has 114 valence electrons. The number of para-hydroxylation sites is 1. The third-order valence-corrected chi connectivity index (χ3v) is 3.26. The number of hydrogen-bond acceptors (Lipinski definition) is 4. The lowest BCUT2D eigenvalue weighted by molar-refractivity contribution is 0.0820. The van der Waals surface area contributed by atoms with Gasteiger partial charge in [0.2, 0.25) is 0 Å². The van der Waals surface area contributed by atoms with Gasteiger partial charge in [-0.25, -0.2) is 5.84 Å².